The van der Waals surface area contributed by atoms with E-state index in [0.29, 0.717) is 5.75 Å². The molecule has 0 radical (unpaired) electrons. The average Bonchev–Trinajstić information content (AvgIpc) is 3.49. The third kappa shape index (κ3) is 8.10. The van der Waals surface area contributed by atoms with Crippen LogP contribution >= 0.6 is 0 Å². The molecule has 0 amide bonds. The molecule has 2 heterocycles. The fourth-order valence-electron chi connectivity index (χ4n) is 4.93. The molecule has 248 valence electrons. The number of ether oxygens (including phenoxy) is 4. The zero-order chi connectivity index (χ0) is 34.1. The summed E-state index contributed by atoms with van der Waals surface area (Å²) in [6.45, 7) is 6.41. The van der Waals surface area contributed by atoms with E-state index in [0.717, 1.165) is 0 Å². The van der Waals surface area contributed by atoms with Crippen molar-refractivity contribution in [2.75, 3.05) is 25.6 Å². The first-order valence-electron chi connectivity index (χ1n) is 14.7. The Morgan fingerprint density at radius 2 is 1.55 bits per heavy atom. The van der Waals surface area contributed by atoms with E-state index in [1.165, 1.54) is 18.2 Å². The molecule has 0 saturated carbocycles. The Kier molecular flexibility index (Phi) is 11.6. The number of allylic oxidation sites excluding steroid dienone is 1. The topological polar surface area (TPSA) is 189 Å². The van der Waals surface area contributed by atoms with Gasteiger partial charge in [-0.1, -0.05) is 30.3 Å². The quantitative estimate of drug-likeness (QED) is 0.108. The number of aromatic nitrogens is 2. The highest BCUT2D eigenvalue weighted by Gasteiger charge is 2.40. The largest absolute Gasteiger partial charge is 0.487 e. The minimum atomic E-state index is -2.01. The number of nitrogens with zero attached hydrogens (tertiary/aromatic N) is 2. The molecule has 0 saturated heterocycles. The number of nitro groups is 1. The van der Waals surface area contributed by atoms with E-state index in [-0.39, 0.29) is 82.5 Å². The Morgan fingerprint density at radius 3 is 2.19 bits per heavy atom. The molecule has 47 heavy (non-hydrogen) atoms. The van der Waals surface area contributed by atoms with Gasteiger partial charge < -0.3 is 29.2 Å². The lowest BCUT2D eigenvalue weighted by Crippen LogP contribution is -2.35. The number of para-hydroxylation sites is 1. The molecule has 3 aromatic rings. The van der Waals surface area contributed by atoms with E-state index in [9.17, 15) is 28.7 Å². The zero-order valence-electron chi connectivity index (χ0n) is 26.2. The summed E-state index contributed by atoms with van der Waals surface area (Å²) in [5, 5.41) is 14.6. The molecule has 2 aromatic carbocycles. The van der Waals surface area contributed by atoms with Gasteiger partial charge in [-0.25, -0.2) is 19.4 Å². The number of dihydropyridines is 1. The molecule has 0 spiro atoms. The van der Waals surface area contributed by atoms with Crippen LogP contribution in [-0.4, -0.2) is 62.6 Å². The molecule has 1 aromatic heterocycles. The normalized spacial score (nSPS) is 15.0. The second-order valence-electron chi connectivity index (χ2n) is 9.96. The maximum absolute atomic E-state index is 13.9. The first-order chi connectivity index (χ1) is 22.6. The number of carbonyl (C=O) groups is 3. The number of hydrogen-bond acceptors (Lipinski definition) is 12. The maximum atomic E-state index is 13.9. The average molecular weight is 667 g/mol. The minimum absolute atomic E-state index is 0.0242. The fraction of sp³-hybridized carbons (Fsp3) is 0.312. The van der Waals surface area contributed by atoms with Crippen LogP contribution in [0.1, 0.15) is 55.4 Å². The third-order valence-electron chi connectivity index (χ3n) is 6.89. The highest BCUT2D eigenvalue weighted by atomic mass is 32.2. The van der Waals surface area contributed by atoms with Crippen molar-refractivity contribution in [1.29, 1.82) is 0 Å². The maximum Gasteiger partial charge on any atom is 0.358 e. The van der Waals surface area contributed by atoms with Crippen molar-refractivity contribution in [3.63, 3.8) is 0 Å². The van der Waals surface area contributed by atoms with Crippen LogP contribution in [0.25, 0.3) is 0 Å². The number of H-pyrrole nitrogens is 1. The molecule has 15 heteroatoms. The second-order valence-corrected chi connectivity index (χ2v) is 11.3. The Bertz CT molecular complexity index is 1750. The summed E-state index contributed by atoms with van der Waals surface area (Å²) >= 11 is 0. The van der Waals surface area contributed by atoms with Gasteiger partial charge in [-0.2, -0.15) is 0 Å². The summed E-state index contributed by atoms with van der Waals surface area (Å²) in [5.41, 5.74) is 0.454. The van der Waals surface area contributed by atoms with Gasteiger partial charge in [-0.15, -0.1) is 0 Å². The van der Waals surface area contributed by atoms with Gasteiger partial charge in [0.05, 0.1) is 64.1 Å². The van der Waals surface area contributed by atoms with E-state index < -0.39 is 39.5 Å². The van der Waals surface area contributed by atoms with E-state index >= 15 is 0 Å². The van der Waals surface area contributed by atoms with Crippen LogP contribution in [0.4, 0.5) is 5.69 Å². The Morgan fingerprint density at radius 1 is 0.915 bits per heavy atom. The summed E-state index contributed by atoms with van der Waals surface area (Å²) in [4.78, 5) is 57.8. The van der Waals surface area contributed by atoms with Crippen LogP contribution in [-0.2, 0) is 41.2 Å². The number of nitrogens with one attached hydrogen (secondary N) is 2. The highest BCUT2D eigenvalue weighted by molar-refractivity contribution is 7.85. The van der Waals surface area contributed by atoms with Crippen molar-refractivity contribution in [3.8, 4) is 5.75 Å². The Hall–Kier alpha value is -5.31. The third-order valence-corrected chi connectivity index (χ3v) is 8.07. The van der Waals surface area contributed by atoms with Crippen LogP contribution in [0.2, 0.25) is 0 Å². The number of nitro benzene ring substituents is 1. The van der Waals surface area contributed by atoms with Crippen molar-refractivity contribution in [2.45, 2.75) is 45.4 Å². The number of imidazole rings is 1. The molecule has 1 aliphatic rings. The number of esters is 3. The van der Waals surface area contributed by atoms with Crippen molar-refractivity contribution >= 4 is 34.4 Å². The van der Waals surface area contributed by atoms with Crippen LogP contribution in [0.15, 0.2) is 82.3 Å². The van der Waals surface area contributed by atoms with Gasteiger partial charge >= 0.3 is 17.9 Å². The fourth-order valence-corrected chi connectivity index (χ4v) is 5.99. The summed E-state index contributed by atoms with van der Waals surface area (Å²) in [5.74, 6) is -3.30. The lowest BCUT2D eigenvalue weighted by Gasteiger charge is -2.31. The van der Waals surface area contributed by atoms with Gasteiger partial charge in [-0.3, -0.25) is 14.3 Å². The second kappa shape index (κ2) is 15.8. The number of rotatable bonds is 14. The predicted molar refractivity (Wildman–Crippen MR) is 169 cm³/mol. The molecule has 1 aliphatic heterocycles. The SMILES string of the molecule is CCOC(=O)C1=C(C)NC(CS(=O)c2nc(C(=O)OCC)c(COc3ccccc3)[nH]2)=C(C(=O)OCC)C1c1cccc([N+](=O)[O-])c1. The summed E-state index contributed by atoms with van der Waals surface area (Å²) in [7, 11) is -2.01. The van der Waals surface area contributed by atoms with Gasteiger partial charge in [0.1, 0.15) is 12.4 Å². The van der Waals surface area contributed by atoms with Gasteiger partial charge in [-0.05, 0) is 45.4 Å². The summed E-state index contributed by atoms with van der Waals surface area (Å²) < 4.78 is 35.4. The summed E-state index contributed by atoms with van der Waals surface area (Å²) in [6.07, 6.45) is 0. The van der Waals surface area contributed by atoms with E-state index in [4.69, 9.17) is 18.9 Å². The minimum Gasteiger partial charge on any atom is -0.487 e. The van der Waals surface area contributed by atoms with E-state index in [1.807, 2.05) is 6.07 Å². The van der Waals surface area contributed by atoms with Gasteiger partial charge in [0.25, 0.3) is 5.69 Å². The number of benzene rings is 2. The standard InChI is InChI=1S/C32H34N4O10S/c1-5-43-29(37)25-19(4)33-24(27(30(38)44-6-2)26(25)20-12-11-13-21(16-20)36(40)41)18-47(42)32-34-23(28(35-32)31(39)45-7-3)17-46-22-14-9-8-10-15-22/h8-16,26,33H,5-7,17-18H2,1-4H3,(H,34,35). The van der Waals surface area contributed by atoms with Crippen LogP contribution in [0.5, 0.6) is 5.75 Å². The van der Waals surface area contributed by atoms with Gasteiger partial charge in [0, 0.05) is 23.5 Å². The summed E-state index contributed by atoms with van der Waals surface area (Å²) in [6, 6.07) is 14.4. The molecule has 2 N–H and O–H groups in total. The van der Waals surface area contributed by atoms with Crippen molar-refractivity contribution < 1.29 is 42.5 Å². The molecular formula is C32H34N4O10S. The number of carbonyl (C=O) groups excluding carboxylic acids is 3. The van der Waals surface area contributed by atoms with Gasteiger partial charge in [0.15, 0.2) is 10.9 Å². The van der Waals surface area contributed by atoms with Crippen molar-refractivity contribution in [1.82, 2.24) is 15.3 Å². The molecule has 0 aliphatic carbocycles. The molecule has 0 fully saturated rings. The molecule has 2 unspecified atom stereocenters. The monoisotopic (exact) mass is 666 g/mol. The van der Waals surface area contributed by atoms with Crippen LogP contribution < -0.4 is 10.1 Å². The number of hydrogen-bond donors (Lipinski definition) is 2. The van der Waals surface area contributed by atoms with Crippen LogP contribution in [0.3, 0.4) is 0 Å². The lowest BCUT2D eigenvalue weighted by atomic mass is 9.80. The first kappa shape index (κ1) is 34.6. The molecule has 14 nitrogen and oxygen atoms in total. The highest BCUT2D eigenvalue weighted by Crippen LogP contribution is 2.40. The molecule has 0 bridgehead atoms. The zero-order valence-corrected chi connectivity index (χ0v) is 27.0. The van der Waals surface area contributed by atoms with Gasteiger partial charge in [0.2, 0.25) is 0 Å². The van der Waals surface area contributed by atoms with E-state index in [2.05, 4.69) is 15.3 Å². The van der Waals surface area contributed by atoms with Crippen molar-refractivity contribution in [2.24, 2.45) is 0 Å². The first-order valence-corrected chi connectivity index (χ1v) is 16.0. The molecular weight excluding hydrogens is 632 g/mol. The lowest BCUT2D eigenvalue weighted by molar-refractivity contribution is -0.384. The van der Waals surface area contributed by atoms with E-state index in [1.54, 1.807) is 58.0 Å². The number of aromatic amines is 1. The smallest absolute Gasteiger partial charge is 0.358 e. The molecule has 2 atom stereocenters. The Balaban J connectivity index is 1.79. The molecule has 4 rings (SSSR count). The predicted octanol–water partition coefficient (Wildman–Crippen LogP) is 4.22. The number of non-ortho nitro benzene ring substituents is 1. The van der Waals surface area contributed by atoms with Crippen molar-refractivity contribution in [3.05, 3.63) is 104 Å². The Labute approximate surface area is 272 Å². The van der Waals surface area contributed by atoms with Crippen LogP contribution in [0, 0.1) is 10.1 Å².